The molecule has 0 radical (unpaired) electrons. The number of hydrogen-bond donors (Lipinski definition) is 3. The van der Waals surface area contributed by atoms with Gasteiger partial charge in [-0.15, -0.1) is 0 Å². The van der Waals surface area contributed by atoms with Crippen molar-refractivity contribution >= 4 is 35.4 Å². The topological polar surface area (TPSA) is 153 Å². The van der Waals surface area contributed by atoms with E-state index >= 15 is 8.78 Å². The third kappa shape index (κ3) is 6.30. The summed E-state index contributed by atoms with van der Waals surface area (Å²) in [6.07, 6.45) is -0.998. The van der Waals surface area contributed by atoms with Gasteiger partial charge in [-0.25, -0.2) is 18.4 Å². The van der Waals surface area contributed by atoms with Crippen LogP contribution in [0.5, 0.6) is 0 Å². The Labute approximate surface area is 227 Å². The van der Waals surface area contributed by atoms with Gasteiger partial charge in [0.1, 0.15) is 17.8 Å². The highest BCUT2D eigenvalue weighted by atomic mass is 19.1. The largest absolute Gasteiger partial charge is 0.453 e. The van der Waals surface area contributed by atoms with E-state index in [0.717, 1.165) is 17.0 Å². The summed E-state index contributed by atoms with van der Waals surface area (Å²) in [6, 6.07) is 3.73. The molecular formula is C25H28F2N6O7. The van der Waals surface area contributed by atoms with Crippen LogP contribution in [-0.4, -0.2) is 92.4 Å². The van der Waals surface area contributed by atoms with Gasteiger partial charge in [0, 0.05) is 50.6 Å². The highest BCUT2D eigenvalue weighted by Crippen LogP contribution is 2.31. The zero-order valence-electron chi connectivity index (χ0n) is 21.7. The number of anilines is 2. The number of cyclic esters (lactones) is 1. The smallest absolute Gasteiger partial charge is 0.414 e. The molecule has 4 rings (SSSR count). The van der Waals surface area contributed by atoms with Gasteiger partial charge in [0.15, 0.2) is 11.6 Å². The zero-order valence-corrected chi connectivity index (χ0v) is 21.7. The van der Waals surface area contributed by atoms with E-state index in [2.05, 4.69) is 20.4 Å². The number of hydrogen-bond acceptors (Lipinski definition) is 8. The van der Waals surface area contributed by atoms with E-state index in [1.807, 2.05) is 0 Å². The van der Waals surface area contributed by atoms with E-state index in [1.54, 1.807) is 0 Å². The van der Waals surface area contributed by atoms with Crippen molar-refractivity contribution in [3.63, 3.8) is 0 Å². The van der Waals surface area contributed by atoms with Gasteiger partial charge in [0.25, 0.3) is 5.91 Å². The fourth-order valence-corrected chi connectivity index (χ4v) is 4.44. The first kappa shape index (κ1) is 28.3. The first-order valence-corrected chi connectivity index (χ1v) is 12.4. The lowest BCUT2D eigenvalue weighted by atomic mass is 10.1. The van der Waals surface area contributed by atoms with Crippen LogP contribution in [0.1, 0.15) is 17.3 Å². The number of aromatic nitrogens is 1. The highest BCUT2D eigenvalue weighted by molar-refractivity contribution is 5.97. The first-order valence-electron chi connectivity index (χ1n) is 12.4. The van der Waals surface area contributed by atoms with Gasteiger partial charge in [0.05, 0.1) is 31.5 Å². The Morgan fingerprint density at radius 1 is 1.12 bits per heavy atom. The quantitative estimate of drug-likeness (QED) is 0.448. The summed E-state index contributed by atoms with van der Waals surface area (Å²) in [5, 5.41) is 4.97. The number of piperazine rings is 1. The number of carbonyl (C=O) groups excluding carboxylic acids is 4. The van der Waals surface area contributed by atoms with Crippen LogP contribution >= 0.6 is 0 Å². The van der Waals surface area contributed by atoms with Crippen molar-refractivity contribution in [3.05, 3.63) is 58.0 Å². The summed E-state index contributed by atoms with van der Waals surface area (Å²) >= 11 is 0. The third-order valence-corrected chi connectivity index (χ3v) is 6.52. The van der Waals surface area contributed by atoms with Crippen LogP contribution in [-0.2, 0) is 14.3 Å². The lowest BCUT2D eigenvalue weighted by Gasteiger charge is -2.37. The Morgan fingerprint density at radius 3 is 2.40 bits per heavy atom. The molecule has 2 aliphatic heterocycles. The maximum absolute atomic E-state index is 15.1. The van der Waals surface area contributed by atoms with Crippen LogP contribution in [0.2, 0.25) is 0 Å². The molecule has 40 heavy (non-hydrogen) atoms. The van der Waals surface area contributed by atoms with Gasteiger partial charge in [0.2, 0.25) is 11.5 Å². The van der Waals surface area contributed by atoms with Gasteiger partial charge in [-0.05, 0) is 13.0 Å². The molecule has 2 saturated heterocycles. The SMILES string of the molecule is COC(=O)NC[C@H]1CN(c2cc(F)c(N3CCN(C(=O)[C@H](C)NC(=O)c4ccc(=O)[nH]c4)CC3)c(F)c2)C(=O)O1. The number of aromatic amines is 1. The fraction of sp³-hybridized carbons (Fsp3) is 0.400. The lowest BCUT2D eigenvalue weighted by molar-refractivity contribution is -0.133. The Morgan fingerprint density at radius 2 is 1.80 bits per heavy atom. The molecule has 0 spiro atoms. The van der Waals surface area contributed by atoms with Crippen molar-refractivity contribution in [2.75, 3.05) is 56.2 Å². The Bertz CT molecular complexity index is 1320. The van der Waals surface area contributed by atoms with Gasteiger partial charge in [-0.2, -0.15) is 0 Å². The number of nitrogens with zero attached hydrogens (tertiary/aromatic N) is 3. The van der Waals surface area contributed by atoms with Crippen LogP contribution in [0, 0.1) is 11.6 Å². The van der Waals surface area contributed by atoms with Gasteiger partial charge < -0.3 is 34.9 Å². The van der Waals surface area contributed by atoms with Crippen LogP contribution in [0.3, 0.4) is 0 Å². The van der Waals surface area contributed by atoms with E-state index in [9.17, 15) is 24.0 Å². The second-order valence-electron chi connectivity index (χ2n) is 9.20. The van der Waals surface area contributed by atoms with Crippen LogP contribution in [0.25, 0.3) is 0 Å². The summed E-state index contributed by atoms with van der Waals surface area (Å²) in [5.74, 6) is -2.68. The molecule has 13 nitrogen and oxygen atoms in total. The monoisotopic (exact) mass is 562 g/mol. The van der Waals surface area contributed by atoms with E-state index in [0.29, 0.717) is 0 Å². The average Bonchev–Trinajstić information content (AvgIpc) is 3.31. The summed E-state index contributed by atoms with van der Waals surface area (Å²) in [7, 11) is 1.19. The molecule has 15 heteroatoms. The number of nitrogens with one attached hydrogen (secondary N) is 3. The number of carbonyl (C=O) groups is 4. The molecule has 2 aliphatic rings. The highest BCUT2D eigenvalue weighted by Gasteiger charge is 2.34. The summed E-state index contributed by atoms with van der Waals surface area (Å²) in [5.41, 5.74) is -0.496. The fourth-order valence-electron chi connectivity index (χ4n) is 4.44. The normalized spacial score (nSPS) is 17.8. The second kappa shape index (κ2) is 12.0. The second-order valence-corrected chi connectivity index (χ2v) is 9.20. The van der Waals surface area contributed by atoms with Crippen LogP contribution in [0.15, 0.2) is 35.3 Å². The number of rotatable bonds is 7. The number of pyridine rings is 1. The third-order valence-electron chi connectivity index (χ3n) is 6.52. The van der Waals surface area contributed by atoms with E-state index in [-0.39, 0.29) is 67.7 Å². The molecule has 0 bridgehead atoms. The summed E-state index contributed by atoms with van der Waals surface area (Å²) < 4.78 is 39.8. The number of alkyl carbamates (subject to hydrolysis) is 1. The molecule has 2 atom stereocenters. The van der Waals surface area contributed by atoms with Crippen molar-refractivity contribution < 1.29 is 37.4 Å². The lowest BCUT2D eigenvalue weighted by Crippen LogP contribution is -2.54. The number of methoxy groups -OCH3 is 1. The number of halogens is 2. The molecular weight excluding hydrogens is 534 g/mol. The van der Waals surface area contributed by atoms with Crippen molar-refractivity contribution in [1.29, 1.82) is 0 Å². The van der Waals surface area contributed by atoms with E-state index in [4.69, 9.17) is 4.74 Å². The molecule has 3 N–H and O–H groups in total. The van der Waals surface area contributed by atoms with Crippen LogP contribution < -0.4 is 26.0 Å². The molecule has 2 fully saturated rings. The maximum atomic E-state index is 15.1. The summed E-state index contributed by atoms with van der Waals surface area (Å²) in [6.45, 7) is 2.04. The van der Waals surface area contributed by atoms with Crippen molar-refractivity contribution in [2.24, 2.45) is 0 Å². The minimum absolute atomic E-state index is 0.0290. The number of amides is 4. The van der Waals surface area contributed by atoms with Gasteiger partial charge in [-0.1, -0.05) is 0 Å². The van der Waals surface area contributed by atoms with E-state index < -0.39 is 41.9 Å². The Balaban J connectivity index is 1.34. The molecule has 214 valence electrons. The minimum atomic E-state index is -0.889. The Hall–Kier alpha value is -4.69. The Kier molecular flexibility index (Phi) is 8.50. The van der Waals surface area contributed by atoms with Crippen molar-refractivity contribution in [3.8, 4) is 0 Å². The van der Waals surface area contributed by atoms with E-state index in [1.165, 1.54) is 42.2 Å². The van der Waals surface area contributed by atoms with Gasteiger partial charge in [-0.3, -0.25) is 19.3 Å². The standard InChI is InChI=1S/C25H28F2N6O7/c1-14(30-22(35)15-3-4-20(34)28-11-15)23(36)32-7-5-31(6-8-32)21-18(26)9-16(10-19(21)27)33-13-17(40-25(33)38)12-29-24(37)39-2/h3-4,9-11,14,17H,5-8,12-13H2,1-2H3,(H,28,34)(H,29,37)(H,30,35)/t14-,17-/m0/s1. The molecule has 3 heterocycles. The number of benzene rings is 1. The number of ether oxygens (including phenoxy) is 2. The molecule has 2 aromatic rings. The summed E-state index contributed by atoms with van der Waals surface area (Å²) in [4.78, 5) is 66.3. The minimum Gasteiger partial charge on any atom is -0.453 e. The molecule has 4 amide bonds. The van der Waals surface area contributed by atoms with Crippen molar-refractivity contribution in [2.45, 2.75) is 19.1 Å². The molecule has 0 aliphatic carbocycles. The number of H-pyrrole nitrogens is 1. The van der Waals surface area contributed by atoms with Gasteiger partial charge >= 0.3 is 12.2 Å². The molecule has 1 aromatic heterocycles. The van der Waals surface area contributed by atoms with Crippen molar-refractivity contribution in [1.82, 2.24) is 20.5 Å². The predicted octanol–water partition coefficient (Wildman–Crippen LogP) is 0.801. The molecule has 0 unspecified atom stereocenters. The molecule has 1 aromatic carbocycles. The average molecular weight is 563 g/mol. The molecule has 0 saturated carbocycles. The maximum Gasteiger partial charge on any atom is 0.414 e. The predicted molar refractivity (Wildman–Crippen MR) is 137 cm³/mol. The zero-order chi connectivity index (χ0) is 29.0. The first-order chi connectivity index (χ1) is 19.1. The van der Waals surface area contributed by atoms with Crippen LogP contribution in [0.4, 0.5) is 29.7 Å².